The van der Waals surface area contributed by atoms with Gasteiger partial charge in [-0.2, -0.15) is 4.98 Å². The summed E-state index contributed by atoms with van der Waals surface area (Å²) >= 11 is 0. The van der Waals surface area contributed by atoms with Crippen molar-refractivity contribution >= 4 is 11.5 Å². The Morgan fingerprint density at radius 3 is 2.62 bits per heavy atom. The van der Waals surface area contributed by atoms with Gasteiger partial charge >= 0.3 is 0 Å². The molecule has 1 aromatic rings. The summed E-state index contributed by atoms with van der Waals surface area (Å²) in [4.78, 5) is 11.4. The van der Waals surface area contributed by atoms with E-state index < -0.39 is 0 Å². The van der Waals surface area contributed by atoms with Crippen molar-refractivity contribution in [2.75, 3.05) is 83.0 Å². The Kier molecular flexibility index (Phi) is 6.08. The molecule has 8 heteroatoms. The Hall–Kier alpha value is -1.61. The fraction of sp³-hybridized carbons (Fsp3) is 0.688. The van der Waals surface area contributed by atoms with Crippen LogP contribution in [0.2, 0.25) is 0 Å². The number of piperazine rings is 1. The summed E-state index contributed by atoms with van der Waals surface area (Å²) in [6.07, 6.45) is 0. The number of likely N-dealkylation sites (N-methyl/N-ethyl adjacent to an activating group) is 1. The third-order valence-corrected chi connectivity index (χ3v) is 4.56. The predicted octanol–water partition coefficient (Wildman–Crippen LogP) is -0.170. The fourth-order valence-corrected chi connectivity index (χ4v) is 2.99. The van der Waals surface area contributed by atoms with Gasteiger partial charge in [0.25, 0.3) is 0 Å². The Morgan fingerprint density at radius 1 is 1.17 bits per heavy atom. The summed E-state index contributed by atoms with van der Waals surface area (Å²) in [6.45, 7) is 9.20. The number of nitrogens with zero attached hydrogens (tertiary/aromatic N) is 4. The number of nitrogens with one attached hydrogen (secondary N) is 1. The molecule has 0 radical (unpaired) electrons. The molecule has 0 atom stereocenters. The number of aromatic nitrogens is 1. The summed E-state index contributed by atoms with van der Waals surface area (Å²) in [7, 11) is 2.16. The number of hydrogen-bond acceptors (Lipinski definition) is 8. The topological polar surface area (TPSA) is 79.1 Å². The highest BCUT2D eigenvalue weighted by Gasteiger charge is 2.15. The second-order valence-corrected chi connectivity index (χ2v) is 6.29. The van der Waals surface area contributed by atoms with Crippen LogP contribution in [-0.4, -0.2) is 87.5 Å². The van der Waals surface area contributed by atoms with E-state index in [4.69, 9.17) is 15.3 Å². The molecule has 0 bridgehead atoms. The standard InChI is InChI=1S/C16H28N6O2/c1-20-2-4-21(5-3-20)6-11-24-16-13-14(12-15(18-16)19-17)22-7-9-23-10-8-22/h12-13H,2-11,17H2,1H3,(H,18,19). The molecular formula is C16H28N6O2. The molecule has 3 heterocycles. The maximum atomic E-state index is 5.89. The average molecular weight is 336 g/mol. The van der Waals surface area contributed by atoms with E-state index in [1.165, 1.54) is 0 Å². The highest BCUT2D eigenvalue weighted by molar-refractivity contribution is 5.56. The van der Waals surface area contributed by atoms with Gasteiger partial charge in [0, 0.05) is 63.6 Å². The van der Waals surface area contributed by atoms with Crippen LogP contribution in [0.5, 0.6) is 5.88 Å². The fourth-order valence-electron chi connectivity index (χ4n) is 2.99. The summed E-state index contributed by atoms with van der Waals surface area (Å²) in [5.74, 6) is 6.78. The lowest BCUT2D eigenvalue weighted by atomic mass is 10.3. The molecule has 0 unspecified atom stereocenters. The first-order chi connectivity index (χ1) is 11.7. The van der Waals surface area contributed by atoms with E-state index in [9.17, 15) is 0 Å². The van der Waals surface area contributed by atoms with E-state index in [2.05, 4.69) is 32.2 Å². The van der Waals surface area contributed by atoms with E-state index in [-0.39, 0.29) is 0 Å². The number of pyridine rings is 1. The molecule has 0 spiro atoms. The van der Waals surface area contributed by atoms with Crippen molar-refractivity contribution in [1.82, 2.24) is 14.8 Å². The summed E-state index contributed by atoms with van der Waals surface area (Å²) in [5, 5.41) is 0. The van der Waals surface area contributed by atoms with E-state index in [1.807, 2.05) is 12.1 Å². The maximum absolute atomic E-state index is 5.89. The maximum Gasteiger partial charge on any atom is 0.217 e. The van der Waals surface area contributed by atoms with Crippen molar-refractivity contribution in [1.29, 1.82) is 0 Å². The molecule has 1 aromatic heterocycles. The van der Waals surface area contributed by atoms with Crippen LogP contribution < -0.4 is 20.9 Å². The molecule has 0 aliphatic carbocycles. The molecule has 0 amide bonds. The molecule has 0 aromatic carbocycles. The van der Waals surface area contributed by atoms with Crippen LogP contribution in [0.4, 0.5) is 11.5 Å². The van der Waals surface area contributed by atoms with E-state index in [0.717, 1.165) is 64.7 Å². The molecule has 24 heavy (non-hydrogen) atoms. The number of hydrogen-bond donors (Lipinski definition) is 2. The van der Waals surface area contributed by atoms with Crippen molar-refractivity contribution in [3.63, 3.8) is 0 Å². The van der Waals surface area contributed by atoms with Gasteiger partial charge in [-0.1, -0.05) is 0 Å². The van der Waals surface area contributed by atoms with Gasteiger partial charge in [-0.05, 0) is 7.05 Å². The van der Waals surface area contributed by atoms with Crippen molar-refractivity contribution < 1.29 is 9.47 Å². The third-order valence-electron chi connectivity index (χ3n) is 4.56. The van der Waals surface area contributed by atoms with E-state index in [0.29, 0.717) is 18.3 Å². The van der Waals surface area contributed by atoms with Gasteiger partial charge in [-0.25, -0.2) is 5.84 Å². The van der Waals surface area contributed by atoms with Gasteiger partial charge in [0.2, 0.25) is 5.88 Å². The SMILES string of the molecule is CN1CCN(CCOc2cc(N3CCOCC3)cc(NN)n2)CC1. The monoisotopic (exact) mass is 336 g/mol. The Balaban J connectivity index is 1.56. The highest BCUT2D eigenvalue weighted by atomic mass is 16.5. The van der Waals surface area contributed by atoms with Crippen LogP contribution in [0.1, 0.15) is 0 Å². The smallest absolute Gasteiger partial charge is 0.217 e. The van der Waals surface area contributed by atoms with Crippen molar-refractivity contribution in [3.05, 3.63) is 12.1 Å². The lowest BCUT2D eigenvalue weighted by Gasteiger charge is -2.32. The molecule has 8 nitrogen and oxygen atoms in total. The van der Waals surface area contributed by atoms with Crippen molar-refractivity contribution in [3.8, 4) is 5.88 Å². The molecule has 2 aliphatic heterocycles. The highest BCUT2D eigenvalue weighted by Crippen LogP contribution is 2.24. The van der Waals surface area contributed by atoms with Crippen LogP contribution >= 0.6 is 0 Å². The number of morpholine rings is 1. The first kappa shape index (κ1) is 17.2. The van der Waals surface area contributed by atoms with Gasteiger partial charge < -0.3 is 24.7 Å². The largest absolute Gasteiger partial charge is 0.476 e. The van der Waals surface area contributed by atoms with Gasteiger partial charge in [0.15, 0.2) is 0 Å². The zero-order valence-corrected chi connectivity index (χ0v) is 14.4. The Bertz CT molecular complexity index is 515. The minimum atomic E-state index is 0.612. The zero-order chi connectivity index (χ0) is 16.8. The molecule has 2 saturated heterocycles. The quantitative estimate of drug-likeness (QED) is 0.548. The number of ether oxygens (including phenoxy) is 2. The molecule has 3 N–H and O–H groups in total. The molecule has 134 valence electrons. The second kappa shape index (κ2) is 8.48. The van der Waals surface area contributed by atoms with Crippen LogP contribution in [0.3, 0.4) is 0 Å². The first-order valence-corrected chi connectivity index (χ1v) is 8.60. The number of hydrazine groups is 1. The van der Waals surface area contributed by atoms with Crippen LogP contribution in [0, 0.1) is 0 Å². The minimum absolute atomic E-state index is 0.612. The number of nitrogen functional groups attached to an aromatic ring is 1. The van der Waals surface area contributed by atoms with Crippen molar-refractivity contribution in [2.24, 2.45) is 5.84 Å². The van der Waals surface area contributed by atoms with Crippen LogP contribution in [0.25, 0.3) is 0 Å². The molecular weight excluding hydrogens is 308 g/mol. The third kappa shape index (κ3) is 4.70. The van der Waals surface area contributed by atoms with Gasteiger partial charge in [0.05, 0.1) is 13.2 Å². The van der Waals surface area contributed by atoms with Gasteiger partial charge in [-0.15, -0.1) is 0 Å². The molecule has 0 saturated carbocycles. The summed E-state index contributed by atoms with van der Waals surface area (Å²) in [6, 6.07) is 3.93. The van der Waals surface area contributed by atoms with Crippen LogP contribution in [-0.2, 0) is 4.74 Å². The van der Waals surface area contributed by atoms with Crippen LogP contribution in [0.15, 0.2) is 12.1 Å². The summed E-state index contributed by atoms with van der Waals surface area (Å²) < 4.78 is 11.3. The lowest BCUT2D eigenvalue weighted by molar-refractivity contribution is 0.122. The number of anilines is 2. The van der Waals surface area contributed by atoms with Crippen molar-refractivity contribution in [2.45, 2.75) is 0 Å². The predicted molar refractivity (Wildman–Crippen MR) is 94.5 cm³/mol. The second-order valence-electron chi connectivity index (χ2n) is 6.29. The number of rotatable bonds is 6. The Labute approximate surface area is 143 Å². The normalized spacial score (nSPS) is 20.2. The minimum Gasteiger partial charge on any atom is -0.476 e. The molecule has 2 fully saturated rings. The number of nitrogens with two attached hydrogens (primary N) is 1. The molecule has 3 rings (SSSR count). The lowest BCUT2D eigenvalue weighted by Crippen LogP contribution is -2.45. The first-order valence-electron chi connectivity index (χ1n) is 8.60. The van der Waals surface area contributed by atoms with E-state index in [1.54, 1.807) is 0 Å². The molecule has 2 aliphatic rings. The summed E-state index contributed by atoms with van der Waals surface area (Å²) in [5.41, 5.74) is 3.69. The average Bonchev–Trinajstić information content (AvgIpc) is 2.64. The van der Waals surface area contributed by atoms with E-state index >= 15 is 0 Å². The van der Waals surface area contributed by atoms with Gasteiger partial charge in [0.1, 0.15) is 12.4 Å². The van der Waals surface area contributed by atoms with Gasteiger partial charge in [-0.3, -0.25) is 4.90 Å². The Morgan fingerprint density at radius 2 is 1.92 bits per heavy atom. The zero-order valence-electron chi connectivity index (χ0n) is 14.4.